The number of benzene rings is 1. The second-order valence-corrected chi connectivity index (χ2v) is 3.05. The van der Waals surface area contributed by atoms with Gasteiger partial charge >= 0.3 is 0 Å². The maximum atomic E-state index is 11.6. The third kappa shape index (κ3) is 2.47. The molecule has 0 aliphatic heterocycles. The molecule has 3 nitrogen and oxygen atoms in total. The number of carbonyl (C=O) groups is 1. The highest BCUT2D eigenvalue weighted by atomic mass is 16.3. The van der Waals surface area contributed by atoms with E-state index in [1.807, 2.05) is 6.07 Å². The number of carbonyl (C=O) groups excluding carboxylic acids is 1. The number of hydrogen-bond donors (Lipinski definition) is 1. The van der Waals surface area contributed by atoms with E-state index in [1.165, 1.54) is 0 Å². The van der Waals surface area contributed by atoms with Crippen LogP contribution in [-0.2, 0) is 6.54 Å². The standard InChI is InChI=1S/C12H10NO2/c14-12(10-5-2-1-3-6-10)13-9-11-7-4-8-15-11/h2-8H,9H2,(H,13,14). The molecule has 0 bridgehead atoms. The zero-order valence-corrected chi connectivity index (χ0v) is 8.07. The summed E-state index contributed by atoms with van der Waals surface area (Å²) in [5, 5.41) is 2.75. The lowest BCUT2D eigenvalue weighted by atomic mass is 10.2. The van der Waals surface area contributed by atoms with Gasteiger partial charge in [0.1, 0.15) is 5.76 Å². The van der Waals surface area contributed by atoms with Crippen LogP contribution < -0.4 is 5.32 Å². The van der Waals surface area contributed by atoms with Gasteiger partial charge in [-0.05, 0) is 30.3 Å². The summed E-state index contributed by atoms with van der Waals surface area (Å²) in [6.07, 6.45) is 1.58. The van der Waals surface area contributed by atoms with Crippen molar-refractivity contribution in [3.8, 4) is 0 Å². The molecule has 3 heteroatoms. The van der Waals surface area contributed by atoms with Crippen molar-refractivity contribution in [1.29, 1.82) is 0 Å². The first-order chi connectivity index (χ1) is 7.36. The highest BCUT2D eigenvalue weighted by molar-refractivity contribution is 5.93. The molecule has 1 N–H and O–H groups in total. The monoisotopic (exact) mass is 200 g/mol. The van der Waals surface area contributed by atoms with Gasteiger partial charge in [-0.1, -0.05) is 12.1 Å². The Kier molecular flexibility index (Phi) is 2.83. The first kappa shape index (κ1) is 9.52. The molecule has 2 rings (SSSR count). The number of hydrogen-bond acceptors (Lipinski definition) is 2. The minimum absolute atomic E-state index is 0.111. The molecule has 1 aromatic carbocycles. The van der Waals surface area contributed by atoms with E-state index >= 15 is 0 Å². The summed E-state index contributed by atoms with van der Waals surface area (Å²) in [6.45, 7) is 0.407. The Hall–Kier alpha value is -2.03. The normalized spacial score (nSPS) is 9.87. The Bertz CT molecular complexity index is 420. The summed E-state index contributed by atoms with van der Waals surface area (Å²) in [7, 11) is 0. The molecule has 1 radical (unpaired) electrons. The number of rotatable bonds is 3. The molecular formula is C12H10NO2. The molecule has 0 atom stereocenters. The number of amides is 1. The molecule has 15 heavy (non-hydrogen) atoms. The van der Waals surface area contributed by atoms with Crippen molar-refractivity contribution >= 4 is 5.91 Å². The van der Waals surface area contributed by atoms with Crippen molar-refractivity contribution in [3.05, 3.63) is 60.1 Å². The molecule has 0 fully saturated rings. The third-order valence-corrected chi connectivity index (χ3v) is 1.98. The van der Waals surface area contributed by atoms with Gasteiger partial charge in [-0.3, -0.25) is 4.79 Å². The van der Waals surface area contributed by atoms with Gasteiger partial charge in [-0.2, -0.15) is 0 Å². The fraction of sp³-hybridized carbons (Fsp3) is 0.0833. The molecular weight excluding hydrogens is 190 g/mol. The van der Waals surface area contributed by atoms with Crippen LogP contribution in [0.15, 0.2) is 47.1 Å². The molecule has 0 spiro atoms. The van der Waals surface area contributed by atoms with Crippen LogP contribution in [0.25, 0.3) is 0 Å². The SMILES string of the molecule is O=C(NCc1ccco1)c1cc[c]cc1. The topological polar surface area (TPSA) is 42.2 Å². The highest BCUT2D eigenvalue weighted by Gasteiger charge is 2.04. The predicted octanol–water partition coefficient (Wildman–Crippen LogP) is 2.01. The Morgan fingerprint density at radius 2 is 2.13 bits per heavy atom. The predicted molar refractivity (Wildman–Crippen MR) is 55.2 cm³/mol. The van der Waals surface area contributed by atoms with Gasteiger partial charge in [0.05, 0.1) is 12.8 Å². The molecule has 1 heterocycles. The second kappa shape index (κ2) is 4.46. The summed E-state index contributed by atoms with van der Waals surface area (Å²) < 4.78 is 5.10. The van der Waals surface area contributed by atoms with Crippen molar-refractivity contribution in [2.24, 2.45) is 0 Å². The van der Waals surface area contributed by atoms with Gasteiger partial charge in [0.25, 0.3) is 5.91 Å². The smallest absolute Gasteiger partial charge is 0.251 e. The van der Waals surface area contributed by atoms with Crippen LogP contribution in [0.2, 0.25) is 0 Å². The molecule has 1 amide bonds. The molecule has 1 aromatic heterocycles. The van der Waals surface area contributed by atoms with Gasteiger partial charge in [0.2, 0.25) is 0 Å². The van der Waals surface area contributed by atoms with Crippen LogP contribution in [0.3, 0.4) is 0 Å². The van der Waals surface area contributed by atoms with Gasteiger partial charge in [0, 0.05) is 5.56 Å². The van der Waals surface area contributed by atoms with Crippen molar-refractivity contribution < 1.29 is 9.21 Å². The third-order valence-electron chi connectivity index (χ3n) is 1.98. The van der Waals surface area contributed by atoms with Crippen LogP contribution in [-0.4, -0.2) is 5.91 Å². The summed E-state index contributed by atoms with van der Waals surface area (Å²) >= 11 is 0. The van der Waals surface area contributed by atoms with Gasteiger partial charge in [-0.15, -0.1) is 0 Å². The fourth-order valence-corrected chi connectivity index (χ4v) is 1.22. The highest BCUT2D eigenvalue weighted by Crippen LogP contribution is 2.01. The van der Waals surface area contributed by atoms with E-state index in [0.717, 1.165) is 5.76 Å². The average Bonchev–Trinajstić information content (AvgIpc) is 2.80. The largest absolute Gasteiger partial charge is 0.467 e. The maximum Gasteiger partial charge on any atom is 0.251 e. The van der Waals surface area contributed by atoms with Crippen LogP contribution in [0.1, 0.15) is 16.1 Å². The maximum absolute atomic E-state index is 11.6. The minimum atomic E-state index is -0.111. The first-order valence-electron chi connectivity index (χ1n) is 4.63. The lowest BCUT2D eigenvalue weighted by molar-refractivity contribution is 0.0948. The lowest BCUT2D eigenvalue weighted by Gasteiger charge is -2.02. The summed E-state index contributed by atoms with van der Waals surface area (Å²) in [5.74, 6) is 0.631. The van der Waals surface area contributed by atoms with Gasteiger partial charge in [-0.25, -0.2) is 0 Å². The van der Waals surface area contributed by atoms with E-state index < -0.39 is 0 Å². The minimum Gasteiger partial charge on any atom is -0.467 e. The number of nitrogens with one attached hydrogen (secondary N) is 1. The molecule has 0 aliphatic carbocycles. The molecule has 0 saturated carbocycles. The molecule has 75 valence electrons. The molecule has 0 aliphatic rings. The summed E-state index contributed by atoms with van der Waals surface area (Å²) in [5.41, 5.74) is 0.625. The molecule has 0 saturated heterocycles. The van der Waals surface area contributed by atoms with Crippen LogP contribution in [0, 0.1) is 6.07 Å². The average molecular weight is 200 g/mol. The van der Waals surface area contributed by atoms with E-state index in [1.54, 1.807) is 36.6 Å². The lowest BCUT2D eigenvalue weighted by Crippen LogP contribution is -2.22. The van der Waals surface area contributed by atoms with Crippen molar-refractivity contribution in [2.45, 2.75) is 6.54 Å². The molecule has 0 unspecified atom stereocenters. The Morgan fingerprint density at radius 1 is 1.33 bits per heavy atom. The van der Waals surface area contributed by atoms with Gasteiger partial charge in [0.15, 0.2) is 0 Å². The Labute approximate surface area is 87.7 Å². The Balaban J connectivity index is 1.94. The van der Waals surface area contributed by atoms with Crippen molar-refractivity contribution in [3.63, 3.8) is 0 Å². The summed E-state index contributed by atoms with van der Waals surface area (Å²) in [4.78, 5) is 11.6. The van der Waals surface area contributed by atoms with Crippen LogP contribution in [0.4, 0.5) is 0 Å². The zero-order chi connectivity index (χ0) is 10.5. The van der Waals surface area contributed by atoms with Crippen LogP contribution in [0.5, 0.6) is 0 Å². The van der Waals surface area contributed by atoms with E-state index in [4.69, 9.17) is 4.42 Å². The quantitative estimate of drug-likeness (QED) is 0.823. The summed E-state index contributed by atoms with van der Waals surface area (Å²) in [6, 6.07) is 13.3. The van der Waals surface area contributed by atoms with E-state index in [2.05, 4.69) is 11.4 Å². The van der Waals surface area contributed by atoms with E-state index in [-0.39, 0.29) is 5.91 Å². The zero-order valence-electron chi connectivity index (χ0n) is 8.07. The fourth-order valence-electron chi connectivity index (χ4n) is 1.22. The Morgan fingerprint density at radius 3 is 2.80 bits per heavy atom. The first-order valence-corrected chi connectivity index (χ1v) is 4.63. The van der Waals surface area contributed by atoms with Crippen molar-refractivity contribution in [2.75, 3.05) is 0 Å². The second-order valence-electron chi connectivity index (χ2n) is 3.05. The van der Waals surface area contributed by atoms with Crippen molar-refractivity contribution in [1.82, 2.24) is 5.32 Å². The molecule has 2 aromatic rings. The van der Waals surface area contributed by atoms with Crippen LogP contribution >= 0.6 is 0 Å². The van der Waals surface area contributed by atoms with Gasteiger partial charge < -0.3 is 9.73 Å². The van der Waals surface area contributed by atoms with E-state index in [9.17, 15) is 4.79 Å². The van der Waals surface area contributed by atoms with E-state index in [0.29, 0.717) is 12.1 Å². The number of furan rings is 1.